The van der Waals surface area contributed by atoms with Gasteiger partial charge in [-0.25, -0.2) is 4.79 Å². The third-order valence-electron chi connectivity index (χ3n) is 4.59. The van der Waals surface area contributed by atoms with Crippen LogP contribution in [0.1, 0.15) is 28.6 Å². The predicted molar refractivity (Wildman–Crippen MR) is 93.1 cm³/mol. The number of carbonyl (C=O) groups is 1. The molecule has 1 fully saturated rings. The Labute approximate surface area is 142 Å². The molecule has 1 atom stereocenters. The van der Waals surface area contributed by atoms with Gasteiger partial charge in [0, 0.05) is 30.5 Å². The fourth-order valence-corrected chi connectivity index (χ4v) is 3.19. The maximum atomic E-state index is 12.8. The molecule has 0 aliphatic carbocycles. The van der Waals surface area contributed by atoms with Gasteiger partial charge in [-0.1, -0.05) is 17.7 Å². The summed E-state index contributed by atoms with van der Waals surface area (Å²) in [6.07, 6.45) is 0. The molecule has 2 heterocycles. The zero-order valence-corrected chi connectivity index (χ0v) is 14.7. The van der Waals surface area contributed by atoms with Gasteiger partial charge in [-0.2, -0.15) is 5.10 Å². The highest BCUT2D eigenvalue weighted by Crippen LogP contribution is 2.29. The number of nitrogens with zero attached hydrogens (tertiary/aromatic N) is 3. The number of ether oxygens (including phenoxy) is 1. The Balaban J connectivity index is 1.84. The van der Waals surface area contributed by atoms with Crippen molar-refractivity contribution in [2.45, 2.75) is 26.8 Å². The lowest BCUT2D eigenvalue weighted by Gasteiger charge is -2.36. The van der Waals surface area contributed by atoms with Gasteiger partial charge in [0.1, 0.15) is 0 Å². The fraction of sp³-hybridized carbons (Fsp3) is 0.444. The maximum absolute atomic E-state index is 12.8. The Hall–Kier alpha value is -2.34. The molecule has 0 unspecified atom stereocenters. The molecule has 1 aromatic heterocycles. The monoisotopic (exact) mass is 328 g/mol. The number of hydrogen-bond donors (Lipinski definition) is 1. The third kappa shape index (κ3) is 3.14. The molecule has 2 aromatic rings. The fourth-order valence-electron chi connectivity index (χ4n) is 3.19. The van der Waals surface area contributed by atoms with Gasteiger partial charge in [-0.15, -0.1) is 0 Å². The van der Waals surface area contributed by atoms with Crippen LogP contribution in [0, 0.1) is 20.8 Å². The Morgan fingerprint density at radius 2 is 1.96 bits per heavy atom. The molecule has 6 heteroatoms. The van der Waals surface area contributed by atoms with E-state index in [-0.39, 0.29) is 12.1 Å². The Kier molecular flexibility index (Phi) is 4.57. The molecule has 0 bridgehead atoms. The van der Waals surface area contributed by atoms with Crippen LogP contribution >= 0.6 is 0 Å². The van der Waals surface area contributed by atoms with E-state index in [1.807, 2.05) is 61.7 Å². The second-order valence-electron chi connectivity index (χ2n) is 6.29. The van der Waals surface area contributed by atoms with Crippen molar-refractivity contribution in [2.75, 3.05) is 25.1 Å². The molecule has 1 aliphatic heterocycles. The molecule has 0 radical (unpaired) electrons. The molecule has 6 nitrogen and oxygen atoms in total. The van der Waals surface area contributed by atoms with E-state index in [2.05, 4.69) is 10.4 Å². The highest BCUT2D eigenvalue weighted by molar-refractivity contribution is 5.89. The summed E-state index contributed by atoms with van der Waals surface area (Å²) < 4.78 is 7.50. The zero-order valence-electron chi connectivity index (χ0n) is 14.7. The van der Waals surface area contributed by atoms with Gasteiger partial charge in [0.15, 0.2) is 0 Å². The number of aryl methyl sites for hydroxylation is 3. The van der Waals surface area contributed by atoms with Gasteiger partial charge in [-0.05, 0) is 32.9 Å². The van der Waals surface area contributed by atoms with Crippen LogP contribution in [0.3, 0.4) is 0 Å². The second-order valence-corrected chi connectivity index (χ2v) is 6.29. The highest BCUT2D eigenvalue weighted by atomic mass is 16.5. The summed E-state index contributed by atoms with van der Waals surface area (Å²) >= 11 is 0. The summed E-state index contributed by atoms with van der Waals surface area (Å²) in [5, 5.41) is 7.46. The lowest BCUT2D eigenvalue weighted by Crippen LogP contribution is -2.45. The van der Waals surface area contributed by atoms with Crippen LogP contribution in [-0.2, 0) is 11.8 Å². The van der Waals surface area contributed by atoms with Crippen LogP contribution in [0.2, 0.25) is 0 Å². The second kappa shape index (κ2) is 6.65. The minimum absolute atomic E-state index is 0.102. The summed E-state index contributed by atoms with van der Waals surface area (Å²) in [5.41, 5.74) is 5.06. The Morgan fingerprint density at radius 3 is 2.58 bits per heavy atom. The number of anilines is 1. The Bertz CT molecular complexity index is 736. The summed E-state index contributed by atoms with van der Waals surface area (Å²) in [7, 11) is 1.92. The number of nitrogens with one attached hydrogen (secondary N) is 1. The van der Waals surface area contributed by atoms with E-state index < -0.39 is 0 Å². The van der Waals surface area contributed by atoms with Gasteiger partial charge in [0.05, 0.1) is 24.9 Å². The number of benzene rings is 1. The van der Waals surface area contributed by atoms with Crippen molar-refractivity contribution in [3.8, 4) is 0 Å². The molecular formula is C18H24N4O2. The number of amides is 2. The minimum Gasteiger partial charge on any atom is -0.377 e. The number of morpholine rings is 1. The van der Waals surface area contributed by atoms with E-state index in [1.165, 1.54) is 5.56 Å². The molecule has 1 N–H and O–H groups in total. The predicted octanol–water partition coefficient (Wildman–Crippen LogP) is 2.95. The molecule has 0 spiro atoms. The van der Waals surface area contributed by atoms with Crippen molar-refractivity contribution in [2.24, 2.45) is 7.05 Å². The molecule has 1 saturated heterocycles. The number of hydrogen-bond acceptors (Lipinski definition) is 3. The van der Waals surface area contributed by atoms with Crippen LogP contribution in [0.15, 0.2) is 24.3 Å². The van der Waals surface area contributed by atoms with E-state index in [0.717, 1.165) is 22.6 Å². The highest BCUT2D eigenvalue weighted by Gasteiger charge is 2.32. The van der Waals surface area contributed by atoms with Crippen molar-refractivity contribution < 1.29 is 9.53 Å². The SMILES string of the molecule is Cc1ccc(NC(=O)N2CCOC[C@@H]2c2c(C)nn(C)c2C)cc1. The quantitative estimate of drug-likeness (QED) is 0.922. The molecule has 3 rings (SSSR count). The average Bonchev–Trinajstić information content (AvgIpc) is 2.82. The van der Waals surface area contributed by atoms with E-state index in [4.69, 9.17) is 4.74 Å². The van der Waals surface area contributed by atoms with Gasteiger partial charge in [0.2, 0.25) is 0 Å². The number of urea groups is 1. The average molecular weight is 328 g/mol. The van der Waals surface area contributed by atoms with Crippen molar-refractivity contribution in [1.82, 2.24) is 14.7 Å². The largest absolute Gasteiger partial charge is 0.377 e. The zero-order chi connectivity index (χ0) is 17.3. The van der Waals surface area contributed by atoms with Gasteiger partial charge in [0.25, 0.3) is 0 Å². The number of aromatic nitrogens is 2. The minimum atomic E-state index is -0.113. The Morgan fingerprint density at radius 1 is 1.25 bits per heavy atom. The lowest BCUT2D eigenvalue weighted by molar-refractivity contribution is 0.0143. The first-order valence-corrected chi connectivity index (χ1v) is 8.19. The molecule has 24 heavy (non-hydrogen) atoms. The number of rotatable bonds is 2. The first-order valence-electron chi connectivity index (χ1n) is 8.19. The van der Waals surface area contributed by atoms with E-state index in [1.54, 1.807) is 0 Å². The van der Waals surface area contributed by atoms with Crippen molar-refractivity contribution in [1.29, 1.82) is 0 Å². The van der Waals surface area contributed by atoms with Crippen molar-refractivity contribution in [3.05, 3.63) is 46.8 Å². The van der Waals surface area contributed by atoms with Crippen LogP contribution in [0.5, 0.6) is 0 Å². The number of carbonyl (C=O) groups excluding carboxylic acids is 1. The maximum Gasteiger partial charge on any atom is 0.322 e. The molecule has 1 aromatic carbocycles. The third-order valence-corrected chi connectivity index (χ3v) is 4.59. The summed E-state index contributed by atoms with van der Waals surface area (Å²) in [4.78, 5) is 14.6. The van der Waals surface area contributed by atoms with Crippen LogP contribution in [0.25, 0.3) is 0 Å². The van der Waals surface area contributed by atoms with E-state index in [9.17, 15) is 4.79 Å². The van der Waals surface area contributed by atoms with Crippen molar-refractivity contribution >= 4 is 11.7 Å². The van der Waals surface area contributed by atoms with E-state index in [0.29, 0.717) is 19.8 Å². The summed E-state index contributed by atoms with van der Waals surface area (Å²) in [5.74, 6) is 0. The van der Waals surface area contributed by atoms with Crippen LogP contribution in [0.4, 0.5) is 10.5 Å². The first kappa shape index (κ1) is 16.5. The van der Waals surface area contributed by atoms with E-state index >= 15 is 0 Å². The lowest BCUT2D eigenvalue weighted by atomic mass is 10.0. The van der Waals surface area contributed by atoms with Gasteiger partial charge in [-0.3, -0.25) is 4.68 Å². The topological polar surface area (TPSA) is 59.4 Å². The van der Waals surface area contributed by atoms with Crippen molar-refractivity contribution in [3.63, 3.8) is 0 Å². The standard InChI is InChI=1S/C18H24N4O2/c1-12-5-7-15(8-6-12)19-18(23)22-9-10-24-11-16(22)17-13(2)20-21(4)14(17)3/h5-8,16H,9-11H2,1-4H3,(H,19,23)/t16-/m1/s1. The molecule has 128 valence electrons. The summed E-state index contributed by atoms with van der Waals surface area (Å²) in [6, 6.07) is 7.60. The van der Waals surface area contributed by atoms with Crippen LogP contribution in [-0.4, -0.2) is 40.5 Å². The first-order chi connectivity index (χ1) is 11.5. The molecular weight excluding hydrogens is 304 g/mol. The molecule has 2 amide bonds. The summed E-state index contributed by atoms with van der Waals surface area (Å²) in [6.45, 7) is 7.64. The van der Waals surface area contributed by atoms with Gasteiger partial charge >= 0.3 is 6.03 Å². The normalized spacial score (nSPS) is 17.8. The molecule has 0 saturated carbocycles. The molecule has 1 aliphatic rings. The van der Waals surface area contributed by atoms with Gasteiger partial charge < -0.3 is 15.0 Å². The van der Waals surface area contributed by atoms with Crippen LogP contribution < -0.4 is 5.32 Å². The smallest absolute Gasteiger partial charge is 0.322 e.